The molecule has 0 aliphatic rings. The van der Waals surface area contributed by atoms with Gasteiger partial charge in [0.1, 0.15) is 0 Å². The van der Waals surface area contributed by atoms with Crippen LogP contribution in [-0.2, 0) is 0 Å². The predicted octanol–water partition coefficient (Wildman–Crippen LogP) is 16.9. The minimum atomic E-state index is 0.716. The summed E-state index contributed by atoms with van der Waals surface area (Å²) in [5, 5.41) is 13.8. The van der Waals surface area contributed by atoms with E-state index in [0.29, 0.717) is 5.82 Å². The highest BCUT2D eigenvalue weighted by Crippen LogP contribution is 2.49. The van der Waals surface area contributed by atoms with Crippen molar-refractivity contribution in [2.24, 2.45) is 0 Å². The highest BCUT2D eigenvalue weighted by atomic mass is 32.1. The molecule has 0 bridgehead atoms. The van der Waals surface area contributed by atoms with Gasteiger partial charge in [0.15, 0.2) is 5.82 Å². The standard InChI is InChI=1S/C62H36N4S/c1-3-16-38(17-4-1)59-61-60(46-24-10-12-28-54(46)67-61)64-62(63-59)40-18-13-21-42(35-40)66-52-27-14-25-47-55-43-22-8-7-15-37(43)29-31-48(55)56-44(32-34-53(66)58(56)57(47)52)39-30-33-51-49(36-39)45-23-9-11-26-50(45)65(51)41-19-5-2-6-20-41/h1-36H. The Bertz CT molecular complexity index is 4500. The molecule has 4 nitrogen and oxygen atoms in total. The molecule has 0 amide bonds. The van der Waals surface area contributed by atoms with E-state index in [4.69, 9.17) is 9.97 Å². The third kappa shape index (κ3) is 5.23. The minimum absolute atomic E-state index is 0.716. The average Bonchev–Trinajstić information content (AvgIpc) is 4.06. The van der Waals surface area contributed by atoms with Gasteiger partial charge in [-0.2, -0.15) is 0 Å². The molecule has 0 spiro atoms. The van der Waals surface area contributed by atoms with Gasteiger partial charge in [-0.05, 0) is 98.7 Å². The first-order valence-electron chi connectivity index (χ1n) is 22.8. The van der Waals surface area contributed by atoms with Crippen molar-refractivity contribution in [2.75, 3.05) is 0 Å². The lowest BCUT2D eigenvalue weighted by Gasteiger charge is -2.15. The molecule has 0 unspecified atom stereocenters. The second kappa shape index (κ2) is 13.9. The number of fused-ring (bicyclic) bond motifs is 11. The van der Waals surface area contributed by atoms with E-state index >= 15 is 0 Å². The van der Waals surface area contributed by atoms with E-state index in [1.165, 1.54) is 91.8 Å². The Hall–Kier alpha value is -8.64. The number of rotatable bonds is 5. The van der Waals surface area contributed by atoms with Crippen LogP contribution in [0.4, 0.5) is 0 Å². The van der Waals surface area contributed by atoms with Gasteiger partial charge < -0.3 is 9.13 Å². The SMILES string of the molecule is c1ccc(-c2nc(-c3cccc(-n4c5cccc6c7c8ccccc8ccc7c7c(-c8ccc9c(c8)c8ccccc8n9-c8ccccc8)ccc4c7c65)c3)nc3c2sc2ccccc23)cc1. The van der Waals surface area contributed by atoms with Crippen molar-refractivity contribution in [2.45, 2.75) is 0 Å². The molecule has 0 radical (unpaired) electrons. The van der Waals surface area contributed by atoms with Gasteiger partial charge in [-0.25, -0.2) is 9.97 Å². The van der Waals surface area contributed by atoms with Gasteiger partial charge >= 0.3 is 0 Å². The molecule has 0 aliphatic heterocycles. The molecular formula is C62H36N4S. The van der Waals surface area contributed by atoms with E-state index in [2.05, 4.69) is 228 Å². The molecule has 0 atom stereocenters. The Morgan fingerprint density at radius 1 is 0.343 bits per heavy atom. The number of thiophene rings is 1. The highest BCUT2D eigenvalue weighted by molar-refractivity contribution is 7.26. The fourth-order valence-electron chi connectivity index (χ4n) is 11.2. The summed E-state index contributed by atoms with van der Waals surface area (Å²) in [7, 11) is 0. The van der Waals surface area contributed by atoms with Gasteiger partial charge in [0.25, 0.3) is 0 Å². The normalized spacial score (nSPS) is 12.2. The molecule has 0 saturated carbocycles. The molecule has 15 aromatic rings. The van der Waals surface area contributed by atoms with Crippen molar-refractivity contribution in [3.05, 3.63) is 218 Å². The quantitative estimate of drug-likeness (QED) is 0.162. The first-order chi connectivity index (χ1) is 33.2. The van der Waals surface area contributed by atoms with Crippen LogP contribution in [0.25, 0.3) is 141 Å². The van der Waals surface area contributed by atoms with E-state index in [0.717, 1.165) is 43.8 Å². The lowest BCUT2D eigenvalue weighted by atomic mass is 9.87. The fraction of sp³-hybridized carbons (Fsp3) is 0. The summed E-state index contributed by atoms with van der Waals surface area (Å²) in [5.41, 5.74) is 13.4. The van der Waals surface area contributed by atoms with Crippen molar-refractivity contribution in [3.63, 3.8) is 0 Å². The Morgan fingerprint density at radius 2 is 0.985 bits per heavy atom. The zero-order valence-electron chi connectivity index (χ0n) is 36.0. The Kier molecular flexibility index (Phi) is 7.63. The fourth-order valence-corrected chi connectivity index (χ4v) is 12.4. The topological polar surface area (TPSA) is 35.6 Å². The molecule has 0 aliphatic carbocycles. The Morgan fingerprint density at radius 3 is 1.88 bits per heavy atom. The summed E-state index contributed by atoms with van der Waals surface area (Å²) in [5.74, 6) is 0.716. The number of aromatic nitrogens is 4. The molecule has 0 N–H and O–H groups in total. The van der Waals surface area contributed by atoms with Crippen molar-refractivity contribution in [1.29, 1.82) is 0 Å². The lowest BCUT2D eigenvalue weighted by molar-refractivity contribution is 1.17. The number of benzene rings is 11. The largest absolute Gasteiger partial charge is 0.309 e. The van der Waals surface area contributed by atoms with Crippen LogP contribution in [0.5, 0.6) is 0 Å². The third-order valence-electron chi connectivity index (χ3n) is 14.1. The van der Waals surface area contributed by atoms with Gasteiger partial charge in [0.2, 0.25) is 0 Å². The first-order valence-corrected chi connectivity index (χ1v) is 23.6. The smallest absolute Gasteiger partial charge is 0.160 e. The molecule has 4 heterocycles. The van der Waals surface area contributed by atoms with Crippen molar-refractivity contribution < 1.29 is 0 Å². The zero-order valence-corrected chi connectivity index (χ0v) is 36.8. The van der Waals surface area contributed by atoms with Crippen molar-refractivity contribution in [1.82, 2.24) is 19.1 Å². The molecule has 15 rings (SSSR count). The van der Waals surface area contributed by atoms with Crippen LogP contribution in [0.15, 0.2) is 218 Å². The average molecular weight is 869 g/mol. The van der Waals surface area contributed by atoms with Gasteiger partial charge in [0, 0.05) is 59.5 Å². The minimum Gasteiger partial charge on any atom is -0.309 e. The first kappa shape index (κ1) is 36.7. The van der Waals surface area contributed by atoms with Gasteiger partial charge in [-0.1, -0.05) is 158 Å². The van der Waals surface area contributed by atoms with E-state index in [1.54, 1.807) is 11.3 Å². The summed E-state index contributed by atoms with van der Waals surface area (Å²) in [6, 6.07) is 79.6. The van der Waals surface area contributed by atoms with Crippen LogP contribution in [-0.4, -0.2) is 19.1 Å². The van der Waals surface area contributed by atoms with E-state index in [1.807, 2.05) is 0 Å². The summed E-state index contributed by atoms with van der Waals surface area (Å²) >= 11 is 1.77. The highest BCUT2D eigenvalue weighted by Gasteiger charge is 2.25. The molecule has 5 heteroatoms. The molecule has 310 valence electrons. The third-order valence-corrected chi connectivity index (χ3v) is 15.2. The lowest BCUT2D eigenvalue weighted by Crippen LogP contribution is -1.97. The van der Waals surface area contributed by atoms with Gasteiger partial charge in [-0.3, -0.25) is 0 Å². The second-order valence-electron chi connectivity index (χ2n) is 17.6. The van der Waals surface area contributed by atoms with E-state index < -0.39 is 0 Å². The van der Waals surface area contributed by atoms with Crippen LogP contribution in [0, 0.1) is 0 Å². The predicted molar refractivity (Wildman–Crippen MR) is 284 cm³/mol. The zero-order chi connectivity index (χ0) is 43.7. The summed E-state index contributed by atoms with van der Waals surface area (Å²) in [4.78, 5) is 10.7. The maximum absolute atomic E-state index is 5.37. The summed E-state index contributed by atoms with van der Waals surface area (Å²) < 4.78 is 7.18. The monoisotopic (exact) mass is 868 g/mol. The van der Waals surface area contributed by atoms with E-state index in [-0.39, 0.29) is 0 Å². The second-order valence-corrected chi connectivity index (χ2v) is 18.7. The van der Waals surface area contributed by atoms with Crippen LogP contribution >= 0.6 is 11.3 Å². The molecule has 4 aromatic heterocycles. The van der Waals surface area contributed by atoms with E-state index in [9.17, 15) is 0 Å². The van der Waals surface area contributed by atoms with Gasteiger partial charge in [0.05, 0.1) is 38.0 Å². The Balaban J connectivity index is 1.00. The molecule has 0 fully saturated rings. The number of para-hydroxylation sites is 2. The maximum Gasteiger partial charge on any atom is 0.160 e. The van der Waals surface area contributed by atoms with Crippen molar-refractivity contribution in [3.8, 4) is 45.1 Å². The molecule has 11 aromatic carbocycles. The Labute approximate surface area is 388 Å². The number of hydrogen-bond donors (Lipinski definition) is 0. The van der Waals surface area contributed by atoms with Crippen molar-refractivity contribution >= 4 is 108 Å². The van der Waals surface area contributed by atoms with Crippen LogP contribution in [0.3, 0.4) is 0 Å². The number of hydrogen-bond acceptors (Lipinski definition) is 3. The van der Waals surface area contributed by atoms with Gasteiger partial charge in [-0.15, -0.1) is 11.3 Å². The van der Waals surface area contributed by atoms with Crippen LogP contribution in [0.1, 0.15) is 0 Å². The summed E-state index contributed by atoms with van der Waals surface area (Å²) in [6.45, 7) is 0. The molecule has 67 heavy (non-hydrogen) atoms. The molecule has 0 saturated heterocycles. The van der Waals surface area contributed by atoms with Crippen LogP contribution < -0.4 is 0 Å². The molecular weight excluding hydrogens is 833 g/mol. The maximum atomic E-state index is 5.37. The number of nitrogens with zero attached hydrogens (tertiary/aromatic N) is 4. The summed E-state index contributed by atoms with van der Waals surface area (Å²) in [6.07, 6.45) is 0. The van der Waals surface area contributed by atoms with Crippen LogP contribution in [0.2, 0.25) is 0 Å².